The molecule has 4 nitrogen and oxygen atoms in total. The number of nitrogens with one attached hydrogen (secondary N) is 2. The fourth-order valence-corrected chi connectivity index (χ4v) is 3.14. The number of H-pyrrole nitrogens is 2. The van der Waals surface area contributed by atoms with E-state index < -0.39 is 5.76 Å². The maximum absolute atomic E-state index is 11.1. The number of hydrogen-bond acceptors (Lipinski definition) is 4. The molecule has 0 aliphatic heterocycles. The third kappa shape index (κ3) is 1.83. The lowest BCUT2D eigenvalue weighted by molar-refractivity contribution is 0.555. The summed E-state index contributed by atoms with van der Waals surface area (Å²) >= 11 is 6.75. The van der Waals surface area contributed by atoms with Crippen LogP contribution in [0.15, 0.2) is 27.4 Å². The minimum absolute atomic E-state index is 0.434. The Morgan fingerprint density at radius 1 is 1.39 bits per heavy atom. The third-order valence-electron chi connectivity index (χ3n) is 2.75. The largest absolute Gasteiger partial charge is 0.417 e. The average molecular weight is 278 g/mol. The fraction of sp³-hybridized carbons (Fsp3) is 0.167. The van der Waals surface area contributed by atoms with Gasteiger partial charge in [-0.05, 0) is 30.8 Å². The molecule has 0 unspecified atom stereocenters. The first-order chi connectivity index (χ1) is 8.67. The summed E-state index contributed by atoms with van der Waals surface area (Å²) in [6.45, 7) is 2.09. The molecular formula is C12H10N2O2S2. The number of aromatic nitrogens is 2. The zero-order chi connectivity index (χ0) is 12.7. The smallest absolute Gasteiger partial charge is 0.408 e. The van der Waals surface area contributed by atoms with Crippen LogP contribution in [-0.4, -0.2) is 9.97 Å². The van der Waals surface area contributed by atoms with Crippen molar-refractivity contribution >= 4 is 34.7 Å². The first-order valence-corrected chi connectivity index (χ1v) is 6.75. The van der Waals surface area contributed by atoms with Crippen molar-refractivity contribution in [2.24, 2.45) is 0 Å². The van der Waals surface area contributed by atoms with E-state index in [4.69, 9.17) is 16.6 Å². The molecule has 18 heavy (non-hydrogen) atoms. The molecular weight excluding hydrogens is 268 g/mol. The SMILES string of the molecule is CCc1sc(=S)[nH]c1-c1ccc2[nH]c(=O)oc2c1. The van der Waals surface area contributed by atoms with E-state index in [2.05, 4.69) is 16.9 Å². The van der Waals surface area contributed by atoms with Crippen molar-refractivity contribution in [1.82, 2.24) is 9.97 Å². The molecule has 2 N–H and O–H groups in total. The average Bonchev–Trinajstić information content (AvgIpc) is 2.89. The lowest BCUT2D eigenvalue weighted by Crippen LogP contribution is -1.92. The number of thiazole rings is 1. The Bertz CT molecular complexity index is 822. The maximum Gasteiger partial charge on any atom is 0.417 e. The van der Waals surface area contributed by atoms with Gasteiger partial charge in [0.1, 0.15) is 0 Å². The molecule has 0 saturated carbocycles. The first-order valence-electron chi connectivity index (χ1n) is 5.52. The van der Waals surface area contributed by atoms with Crippen LogP contribution in [0.5, 0.6) is 0 Å². The molecule has 2 aromatic heterocycles. The summed E-state index contributed by atoms with van der Waals surface area (Å²) < 4.78 is 5.82. The van der Waals surface area contributed by atoms with Crippen LogP contribution < -0.4 is 5.76 Å². The Labute approximate surface area is 111 Å². The minimum Gasteiger partial charge on any atom is -0.408 e. The van der Waals surface area contributed by atoms with Crippen LogP contribution in [-0.2, 0) is 6.42 Å². The predicted molar refractivity (Wildman–Crippen MR) is 74.7 cm³/mol. The highest BCUT2D eigenvalue weighted by atomic mass is 32.1. The van der Waals surface area contributed by atoms with Gasteiger partial charge in [-0.1, -0.05) is 13.0 Å². The van der Waals surface area contributed by atoms with Crippen LogP contribution in [0.2, 0.25) is 0 Å². The molecule has 0 spiro atoms. The second kappa shape index (κ2) is 4.22. The van der Waals surface area contributed by atoms with Gasteiger partial charge >= 0.3 is 5.76 Å². The number of hydrogen-bond donors (Lipinski definition) is 2. The summed E-state index contributed by atoms with van der Waals surface area (Å²) in [5.41, 5.74) is 3.26. The molecule has 0 saturated heterocycles. The summed E-state index contributed by atoms with van der Waals surface area (Å²) in [6, 6.07) is 5.63. The van der Waals surface area contributed by atoms with Crippen LogP contribution in [0.1, 0.15) is 11.8 Å². The van der Waals surface area contributed by atoms with Gasteiger partial charge < -0.3 is 9.40 Å². The zero-order valence-electron chi connectivity index (χ0n) is 9.57. The van der Waals surface area contributed by atoms with Crippen molar-refractivity contribution in [3.05, 3.63) is 37.6 Å². The lowest BCUT2D eigenvalue weighted by Gasteiger charge is -2.00. The number of rotatable bonds is 2. The van der Waals surface area contributed by atoms with Crippen LogP contribution in [0.3, 0.4) is 0 Å². The topological polar surface area (TPSA) is 61.8 Å². The molecule has 3 rings (SSSR count). The number of aryl methyl sites for hydroxylation is 1. The lowest BCUT2D eigenvalue weighted by atomic mass is 10.1. The van der Waals surface area contributed by atoms with E-state index in [1.54, 1.807) is 11.3 Å². The maximum atomic E-state index is 11.1. The van der Waals surface area contributed by atoms with E-state index in [0.717, 1.165) is 21.6 Å². The van der Waals surface area contributed by atoms with Crippen molar-refractivity contribution in [2.75, 3.05) is 0 Å². The van der Waals surface area contributed by atoms with Crippen molar-refractivity contribution in [2.45, 2.75) is 13.3 Å². The molecule has 0 amide bonds. The Hall–Kier alpha value is -1.66. The van der Waals surface area contributed by atoms with Crippen LogP contribution >= 0.6 is 23.6 Å². The third-order valence-corrected chi connectivity index (χ3v) is 4.13. The van der Waals surface area contributed by atoms with Gasteiger partial charge in [0, 0.05) is 10.4 Å². The van der Waals surface area contributed by atoms with Gasteiger partial charge in [-0.15, -0.1) is 11.3 Å². The molecule has 1 aromatic carbocycles. The van der Waals surface area contributed by atoms with Gasteiger partial charge in [-0.25, -0.2) is 4.79 Å². The number of benzene rings is 1. The molecule has 3 aromatic rings. The molecule has 92 valence electrons. The molecule has 0 aliphatic rings. The molecule has 2 heterocycles. The quantitative estimate of drug-likeness (QED) is 0.706. The highest BCUT2D eigenvalue weighted by Gasteiger charge is 2.09. The van der Waals surface area contributed by atoms with Crippen LogP contribution in [0.4, 0.5) is 0 Å². The molecule has 6 heteroatoms. The number of fused-ring (bicyclic) bond motifs is 1. The van der Waals surface area contributed by atoms with E-state index in [-0.39, 0.29) is 0 Å². The summed E-state index contributed by atoms with van der Waals surface area (Å²) in [6.07, 6.45) is 0.919. The monoisotopic (exact) mass is 278 g/mol. The van der Waals surface area contributed by atoms with Crippen molar-refractivity contribution in [1.29, 1.82) is 0 Å². The molecule has 0 aliphatic carbocycles. The fourth-order valence-electron chi connectivity index (χ4n) is 1.94. The number of aromatic amines is 2. The van der Waals surface area contributed by atoms with Crippen LogP contribution in [0, 0.1) is 3.95 Å². The number of oxazole rings is 1. The van der Waals surface area contributed by atoms with E-state index in [0.29, 0.717) is 11.1 Å². The summed E-state index contributed by atoms with van der Waals surface area (Å²) in [5.74, 6) is -0.434. The van der Waals surface area contributed by atoms with Gasteiger partial charge in [0.05, 0.1) is 11.2 Å². The Kier molecular flexibility index (Phi) is 2.68. The Morgan fingerprint density at radius 2 is 2.22 bits per heavy atom. The minimum atomic E-state index is -0.434. The second-order valence-electron chi connectivity index (χ2n) is 3.89. The standard InChI is InChI=1S/C12H10N2O2S2/c1-2-9-10(14-12(17)18-9)6-3-4-7-8(5-6)16-11(15)13-7/h3-5H,2H2,1H3,(H,13,15)(H,14,17). The summed E-state index contributed by atoms with van der Waals surface area (Å²) in [7, 11) is 0. The first kappa shape index (κ1) is 11.4. The van der Waals surface area contributed by atoms with E-state index in [9.17, 15) is 4.79 Å². The molecule has 0 bridgehead atoms. The predicted octanol–water partition coefficient (Wildman–Crippen LogP) is 3.47. The second-order valence-corrected chi connectivity index (χ2v) is 5.66. The van der Waals surface area contributed by atoms with E-state index >= 15 is 0 Å². The highest BCUT2D eigenvalue weighted by molar-refractivity contribution is 7.73. The molecule has 0 atom stereocenters. The van der Waals surface area contributed by atoms with Gasteiger partial charge in [0.2, 0.25) is 0 Å². The van der Waals surface area contributed by atoms with E-state index in [1.165, 1.54) is 4.88 Å². The Balaban J connectivity index is 2.24. The summed E-state index contributed by atoms with van der Waals surface area (Å²) in [5, 5.41) is 0. The molecule has 0 radical (unpaired) electrons. The van der Waals surface area contributed by atoms with Crippen LogP contribution in [0.25, 0.3) is 22.4 Å². The zero-order valence-corrected chi connectivity index (χ0v) is 11.2. The highest BCUT2D eigenvalue weighted by Crippen LogP contribution is 2.28. The van der Waals surface area contributed by atoms with Gasteiger partial charge in [-0.3, -0.25) is 4.98 Å². The van der Waals surface area contributed by atoms with Gasteiger partial charge in [-0.2, -0.15) is 0 Å². The molecule has 0 fully saturated rings. The summed E-state index contributed by atoms with van der Waals surface area (Å²) in [4.78, 5) is 18.1. The van der Waals surface area contributed by atoms with Gasteiger partial charge in [0.15, 0.2) is 9.54 Å². The van der Waals surface area contributed by atoms with Crippen molar-refractivity contribution < 1.29 is 4.42 Å². The van der Waals surface area contributed by atoms with Crippen molar-refractivity contribution in [3.8, 4) is 11.3 Å². The van der Waals surface area contributed by atoms with Crippen molar-refractivity contribution in [3.63, 3.8) is 0 Å². The van der Waals surface area contributed by atoms with E-state index in [1.807, 2.05) is 18.2 Å². The van der Waals surface area contributed by atoms with Gasteiger partial charge in [0.25, 0.3) is 0 Å². The Morgan fingerprint density at radius 3 is 3.00 bits per heavy atom. The normalized spacial score (nSPS) is 11.2.